The molecule has 43 heavy (non-hydrogen) atoms. The number of rotatable bonds is 10. The van der Waals surface area contributed by atoms with Crippen LogP contribution in [-0.4, -0.2) is 87.2 Å². The predicted molar refractivity (Wildman–Crippen MR) is 163 cm³/mol. The van der Waals surface area contributed by atoms with Gasteiger partial charge in [0.05, 0.1) is 28.0 Å². The lowest BCUT2D eigenvalue weighted by Crippen LogP contribution is -2.57. The molecular weight excluding hydrogens is 548 g/mol. The van der Waals surface area contributed by atoms with Crippen LogP contribution < -0.4 is 24.4 Å². The molecular formula is C33H38N4O6. The van der Waals surface area contributed by atoms with E-state index in [0.717, 1.165) is 11.3 Å². The number of likely N-dealkylation sites (tertiary alicyclic amines) is 1. The lowest BCUT2D eigenvalue weighted by molar-refractivity contribution is -0.137. The van der Waals surface area contributed by atoms with Crippen molar-refractivity contribution >= 4 is 23.4 Å². The smallest absolute Gasteiger partial charge is 0.253 e. The van der Waals surface area contributed by atoms with Crippen LogP contribution in [0.3, 0.4) is 0 Å². The van der Waals surface area contributed by atoms with E-state index in [1.165, 1.54) is 0 Å². The summed E-state index contributed by atoms with van der Waals surface area (Å²) in [5.41, 5.74) is 1.64. The van der Waals surface area contributed by atoms with Gasteiger partial charge in [-0.1, -0.05) is 30.3 Å². The van der Waals surface area contributed by atoms with Gasteiger partial charge in [0.1, 0.15) is 17.8 Å². The summed E-state index contributed by atoms with van der Waals surface area (Å²) in [4.78, 5) is 45.8. The molecule has 1 N–H and O–H groups in total. The molecule has 3 aromatic carbocycles. The minimum atomic E-state index is -0.827. The number of nitrogens with one attached hydrogen (secondary N) is 1. The zero-order valence-corrected chi connectivity index (χ0v) is 24.9. The molecule has 226 valence electrons. The molecule has 0 atom stereocenters. The van der Waals surface area contributed by atoms with Crippen LogP contribution in [-0.2, 0) is 16.0 Å². The van der Waals surface area contributed by atoms with Crippen LogP contribution in [0.15, 0.2) is 72.8 Å². The third-order valence-electron chi connectivity index (χ3n) is 8.29. The first-order valence-electron chi connectivity index (χ1n) is 14.4. The van der Waals surface area contributed by atoms with Gasteiger partial charge in [-0.25, -0.2) is 0 Å². The molecule has 2 aliphatic rings. The van der Waals surface area contributed by atoms with Crippen molar-refractivity contribution in [2.75, 3.05) is 59.1 Å². The van der Waals surface area contributed by atoms with Gasteiger partial charge < -0.3 is 34.2 Å². The van der Waals surface area contributed by atoms with E-state index in [1.54, 1.807) is 55.4 Å². The van der Waals surface area contributed by atoms with Gasteiger partial charge >= 0.3 is 0 Å². The van der Waals surface area contributed by atoms with Crippen LogP contribution in [0, 0.1) is 0 Å². The first-order chi connectivity index (χ1) is 20.9. The van der Waals surface area contributed by atoms with Crippen LogP contribution in [0.4, 0.5) is 5.69 Å². The summed E-state index contributed by atoms with van der Waals surface area (Å²) in [5, 5.41) is 2.95. The molecule has 3 aromatic rings. The number of amides is 3. The molecule has 2 saturated heterocycles. The van der Waals surface area contributed by atoms with Gasteiger partial charge in [-0.3, -0.25) is 14.4 Å². The summed E-state index contributed by atoms with van der Waals surface area (Å²) < 4.78 is 15.9. The van der Waals surface area contributed by atoms with E-state index in [2.05, 4.69) is 10.2 Å². The van der Waals surface area contributed by atoms with Crippen molar-refractivity contribution in [3.05, 3.63) is 83.9 Å². The van der Waals surface area contributed by atoms with Crippen molar-refractivity contribution < 1.29 is 28.6 Å². The normalized spacial score (nSPS) is 15.9. The van der Waals surface area contributed by atoms with Crippen LogP contribution in [0.1, 0.15) is 28.8 Å². The van der Waals surface area contributed by atoms with Crippen molar-refractivity contribution in [1.29, 1.82) is 0 Å². The highest BCUT2D eigenvalue weighted by Gasteiger charge is 2.54. The lowest BCUT2D eigenvalue weighted by Gasteiger charge is -2.43. The lowest BCUT2D eigenvalue weighted by atomic mass is 9.85. The van der Waals surface area contributed by atoms with E-state index < -0.39 is 5.54 Å². The molecule has 0 aliphatic carbocycles. The fraction of sp³-hybridized carbons (Fsp3) is 0.364. The van der Waals surface area contributed by atoms with E-state index in [9.17, 15) is 14.4 Å². The summed E-state index contributed by atoms with van der Waals surface area (Å²) in [5.74, 6) is 1.52. The third kappa shape index (κ3) is 6.23. The van der Waals surface area contributed by atoms with E-state index >= 15 is 0 Å². The molecule has 5 rings (SSSR count). The van der Waals surface area contributed by atoms with Crippen molar-refractivity contribution in [2.45, 2.75) is 24.8 Å². The van der Waals surface area contributed by atoms with Crippen molar-refractivity contribution in [3.63, 3.8) is 0 Å². The average Bonchev–Trinajstić information content (AvgIpc) is 3.31. The van der Waals surface area contributed by atoms with Crippen molar-refractivity contribution in [3.8, 4) is 17.2 Å². The Hall–Kier alpha value is -4.73. The Balaban J connectivity index is 1.24. The number of nitrogens with zero attached hydrogens (tertiary/aromatic N) is 3. The zero-order valence-electron chi connectivity index (χ0n) is 24.9. The van der Waals surface area contributed by atoms with Crippen molar-refractivity contribution in [1.82, 2.24) is 15.1 Å². The summed E-state index contributed by atoms with van der Waals surface area (Å²) in [6.45, 7) is 1.54. The number of piperidine rings is 1. The summed E-state index contributed by atoms with van der Waals surface area (Å²) >= 11 is 0. The highest BCUT2D eigenvalue weighted by molar-refractivity contribution is 5.98. The second kappa shape index (κ2) is 13.1. The molecule has 1 spiro atoms. The predicted octanol–water partition coefficient (Wildman–Crippen LogP) is 3.35. The zero-order chi connectivity index (χ0) is 30.4. The number of hydrogen-bond donors (Lipinski definition) is 1. The molecule has 0 bridgehead atoms. The Labute approximate surface area is 252 Å². The molecule has 10 nitrogen and oxygen atoms in total. The molecule has 10 heteroatoms. The van der Waals surface area contributed by atoms with Gasteiger partial charge in [0.15, 0.2) is 11.5 Å². The maximum Gasteiger partial charge on any atom is 0.253 e. The molecule has 2 heterocycles. The van der Waals surface area contributed by atoms with Crippen LogP contribution in [0.5, 0.6) is 17.2 Å². The second-order valence-corrected chi connectivity index (χ2v) is 10.8. The van der Waals surface area contributed by atoms with Crippen LogP contribution in [0.25, 0.3) is 0 Å². The van der Waals surface area contributed by atoms with Gasteiger partial charge in [-0.05, 0) is 67.3 Å². The molecule has 0 saturated carbocycles. The Bertz CT molecular complexity index is 1450. The van der Waals surface area contributed by atoms with E-state index in [0.29, 0.717) is 68.4 Å². The maximum atomic E-state index is 14.0. The topological polar surface area (TPSA) is 101 Å². The quantitative estimate of drug-likeness (QED) is 0.389. The van der Waals surface area contributed by atoms with Crippen LogP contribution in [0.2, 0.25) is 0 Å². The van der Waals surface area contributed by atoms with E-state index in [1.807, 2.05) is 48.5 Å². The minimum absolute atomic E-state index is 0.0394. The molecule has 0 aromatic heterocycles. The van der Waals surface area contributed by atoms with Gasteiger partial charge in [0.2, 0.25) is 5.91 Å². The van der Waals surface area contributed by atoms with Gasteiger partial charge in [-0.15, -0.1) is 0 Å². The number of carbonyl (C=O) groups excluding carboxylic acids is 3. The van der Waals surface area contributed by atoms with E-state index in [4.69, 9.17) is 14.2 Å². The Kier molecular flexibility index (Phi) is 9.04. The second-order valence-electron chi connectivity index (χ2n) is 10.8. The Morgan fingerprint density at radius 1 is 0.860 bits per heavy atom. The van der Waals surface area contributed by atoms with Crippen LogP contribution >= 0.6 is 0 Å². The SMILES string of the molecule is COc1cccc(C(=O)N2CCC3(CC2)C(=O)N(CC(=O)NCCc2ccc(OC)c(OC)c2)CN3c2ccccc2)c1. The highest BCUT2D eigenvalue weighted by Crippen LogP contribution is 2.39. The largest absolute Gasteiger partial charge is 0.497 e. The van der Waals surface area contributed by atoms with Crippen molar-refractivity contribution in [2.24, 2.45) is 0 Å². The molecule has 0 unspecified atom stereocenters. The molecule has 2 aliphatic heterocycles. The summed E-state index contributed by atoms with van der Waals surface area (Å²) in [7, 11) is 4.75. The maximum absolute atomic E-state index is 14.0. The number of anilines is 1. The number of ether oxygens (including phenoxy) is 3. The molecule has 0 radical (unpaired) electrons. The fourth-order valence-electron chi connectivity index (χ4n) is 5.95. The monoisotopic (exact) mass is 586 g/mol. The first kappa shape index (κ1) is 29.8. The fourth-order valence-corrected chi connectivity index (χ4v) is 5.95. The number of para-hydroxylation sites is 1. The minimum Gasteiger partial charge on any atom is -0.497 e. The average molecular weight is 587 g/mol. The first-order valence-corrected chi connectivity index (χ1v) is 14.4. The number of hydrogen-bond acceptors (Lipinski definition) is 7. The number of carbonyl (C=O) groups is 3. The van der Waals surface area contributed by atoms with E-state index in [-0.39, 0.29) is 24.3 Å². The standard InChI is InChI=1S/C33H38N4O6/c1-41-27-11-7-8-25(21-27)31(39)35-18-15-33(16-19-35)32(40)36(23-37(33)26-9-5-4-6-10-26)22-30(38)34-17-14-24-12-13-28(42-2)29(20-24)43-3/h4-13,20-21H,14-19,22-23H2,1-3H3,(H,34,38). The van der Waals surface area contributed by atoms with Gasteiger partial charge in [0, 0.05) is 30.9 Å². The van der Waals surface area contributed by atoms with Gasteiger partial charge in [-0.2, -0.15) is 0 Å². The van der Waals surface area contributed by atoms with Gasteiger partial charge in [0.25, 0.3) is 11.8 Å². The molecule has 2 fully saturated rings. The highest BCUT2D eigenvalue weighted by atomic mass is 16.5. The third-order valence-corrected chi connectivity index (χ3v) is 8.29. The summed E-state index contributed by atoms with van der Waals surface area (Å²) in [6.07, 6.45) is 1.54. The summed E-state index contributed by atoms with van der Waals surface area (Å²) in [6, 6.07) is 22.6. The Morgan fingerprint density at radius 2 is 1.60 bits per heavy atom. The number of benzene rings is 3. The number of methoxy groups -OCH3 is 3. The Morgan fingerprint density at radius 3 is 2.30 bits per heavy atom. The molecule has 3 amide bonds.